The quantitative estimate of drug-likeness (QED) is 0.376. The van der Waals surface area contributed by atoms with E-state index < -0.39 is 12.1 Å². The molecule has 0 bridgehead atoms. The lowest BCUT2D eigenvalue weighted by molar-refractivity contribution is 0.175. The molecule has 0 aliphatic carbocycles. The van der Waals surface area contributed by atoms with Gasteiger partial charge in [0.15, 0.2) is 0 Å². The first kappa shape index (κ1) is 12.6. The number of carbonyl (C=O) groups excluding carboxylic acids is 2. The third-order valence-corrected chi connectivity index (χ3v) is 1.55. The Hall–Kier alpha value is -1.38. The Balaban J connectivity index is 3.84. The minimum atomic E-state index is -2.02. The first-order chi connectivity index (χ1) is 6.52. The van der Waals surface area contributed by atoms with E-state index in [4.69, 9.17) is 0 Å². The van der Waals surface area contributed by atoms with E-state index >= 15 is 0 Å². The lowest BCUT2D eigenvalue weighted by Gasteiger charge is -2.12. The molecule has 0 rings (SSSR count). The molecule has 0 aromatic rings. The first-order valence-electron chi connectivity index (χ1n) is 4.01. The van der Waals surface area contributed by atoms with E-state index in [0.717, 1.165) is 19.1 Å². The van der Waals surface area contributed by atoms with Crippen LogP contribution >= 0.6 is 0 Å². The molecular weight excluding hydrogens is 194 g/mol. The van der Waals surface area contributed by atoms with Gasteiger partial charge in [-0.05, 0) is 13.3 Å². The first-order valence-corrected chi connectivity index (χ1v) is 4.01. The highest BCUT2D eigenvalue weighted by Gasteiger charge is 2.21. The van der Waals surface area contributed by atoms with Crippen LogP contribution in [0.15, 0.2) is 9.98 Å². The number of hydrogen-bond donors (Lipinski definition) is 0. The second-order valence-electron chi connectivity index (χ2n) is 2.89. The number of rotatable bonds is 6. The summed E-state index contributed by atoms with van der Waals surface area (Å²) in [6.45, 7) is 1.09. The monoisotopic (exact) mass is 204 g/mol. The number of hydrogen-bond acceptors (Lipinski definition) is 4. The number of halogens is 2. The third-order valence-electron chi connectivity index (χ3n) is 1.55. The molecule has 0 aliphatic rings. The number of isocyanates is 2. The van der Waals surface area contributed by atoms with Crippen molar-refractivity contribution < 1.29 is 18.4 Å². The molecule has 0 aromatic carbocycles. The molecular formula is C8H10F2N2O2. The summed E-state index contributed by atoms with van der Waals surface area (Å²) in [6, 6.07) is 0. The van der Waals surface area contributed by atoms with Gasteiger partial charge in [0.1, 0.15) is 0 Å². The highest BCUT2D eigenvalue weighted by molar-refractivity contribution is 5.34. The van der Waals surface area contributed by atoms with Crippen LogP contribution in [0.1, 0.15) is 26.2 Å². The molecule has 0 aliphatic heterocycles. The van der Waals surface area contributed by atoms with Crippen LogP contribution < -0.4 is 0 Å². The molecule has 0 fully saturated rings. The topological polar surface area (TPSA) is 58.9 Å². The average molecular weight is 204 g/mol. The van der Waals surface area contributed by atoms with Gasteiger partial charge in [-0.25, -0.2) is 18.4 Å². The van der Waals surface area contributed by atoms with E-state index in [2.05, 4.69) is 9.98 Å². The SMILES string of the molecule is CC(F)(CCCC(F)N=C=O)N=C=O. The van der Waals surface area contributed by atoms with E-state index in [-0.39, 0.29) is 19.3 Å². The zero-order valence-electron chi connectivity index (χ0n) is 7.67. The summed E-state index contributed by atoms with van der Waals surface area (Å²) in [5.41, 5.74) is 0. The van der Waals surface area contributed by atoms with Gasteiger partial charge < -0.3 is 0 Å². The van der Waals surface area contributed by atoms with E-state index in [1.807, 2.05) is 0 Å². The summed E-state index contributed by atoms with van der Waals surface area (Å²) in [4.78, 5) is 25.0. The summed E-state index contributed by atoms with van der Waals surface area (Å²) in [6.07, 6.45) is 0.410. The van der Waals surface area contributed by atoms with Crippen LogP contribution in [0.3, 0.4) is 0 Å². The molecule has 78 valence electrons. The summed E-state index contributed by atoms with van der Waals surface area (Å²) < 4.78 is 25.6. The maximum Gasteiger partial charge on any atom is 0.238 e. The zero-order chi connectivity index (χ0) is 11.0. The molecule has 2 unspecified atom stereocenters. The minimum absolute atomic E-state index is 0.0941. The van der Waals surface area contributed by atoms with Gasteiger partial charge in [0.2, 0.25) is 24.2 Å². The van der Waals surface area contributed by atoms with E-state index in [1.54, 1.807) is 0 Å². The van der Waals surface area contributed by atoms with Crippen molar-refractivity contribution in [1.29, 1.82) is 0 Å². The largest absolute Gasteiger partial charge is 0.238 e. The maximum atomic E-state index is 13.1. The van der Waals surface area contributed by atoms with E-state index in [1.165, 1.54) is 0 Å². The normalized spacial score (nSPS) is 15.9. The van der Waals surface area contributed by atoms with Gasteiger partial charge in [0.05, 0.1) is 0 Å². The van der Waals surface area contributed by atoms with Gasteiger partial charge in [0.25, 0.3) is 0 Å². The minimum Gasteiger partial charge on any atom is -0.221 e. The van der Waals surface area contributed by atoms with Gasteiger partial charge >= 0.3 is 0 Å². The third kappa shape index (κ3) is 6.17. The van der Waals surface area contributed by atoms with Gasteiger partial charge in [-0.3, -0.25) is 0 Å². The number of nitrogens with zero attached hydrogens (tertiary/aromatic N) is 2. The fraction of sp³-hybridized carbons (Fsp3) is 0.750. The van der Waals surface area contributed by atoms with Crippen LogP contribution in [0.2, 0.25) is 0 Å². The van der Waals surface area contributed by atoms with Crippen molar-refractivity contribution in [3.05, 3.63) is 0 Å². The van der Waals surface area contributed by atoms with Crippen LogP contribution in [-0.2, 0) is 9.59 Å². The smallest absolute Gasteiger partial charge is 0.221 e. The van der Waals surface area contributed by atoms with Crippen molar-refractivity contribution >= 4 is 12.2 Å². The Bertz CT molecular complexity index is 269. The molecule has 0 saturated carbocycles. The van der Waals surface area contributed by atoms with E-state index in [0.29, 0.717) is 0 Å². The Morgan fingerprint density at radius 1 is 1.43 bits per heavy atom. The molecule has 14 heavy (non-hydrogen) atoms. The highest BCUT2D eigenvalue weighted by Crippen LogP contribution is 2.20. The molecule has 0 amide bonds. The lowest BCUT2D eigenvalue weighted by atomic mass is 10.1. The fourth-order valence-electron chi connectivity index (χ4n) is 0.866. The van der Waals surface area contributed by atoms with Crippen molar-refractivity contribution in [2.45, 2.75) is 38.3 Å². The molecule has 2 atom stereocenters. The van der Waals surface area contributed by atoms with Crippen molar-refractivity contribution in [3.8, 4) is 0 Å². The van der Waals surface area contributed by atoms with Crippen molar-refractivity contribution in [2.75, 3.05) is 0 Å². The molecule has 0 heterocycles. The Morgan fingerprint density at radius 2 is 2.07 bits per heavy atom. The summed E-state index contributed by atoms with van der Waals surface area (Å²) >= 11 is 0. The van der Waals surface area contributed by atoms with Crippen LogP contribution in [-0.4, -0.2) is 24.2 Å². The van der Waals surface area contributed by atoms with Crippen molar-refractivity contribution in [2.24, 2.45) is 9.98 Å². The maximum absolute atomic E-state index is 13.1. The number of aliphatic imine (C=N–C) groups is 2. The van der Waals surface area contributed by atoms with E-state index in [9.17, 15) is 18.4 Å². The molecule has 0 saturated heterocycles. The predicted octanol–water partition coefficient (Wildman–Crippen LogP) is 1.81. The molecule has 0 spiro atoms. The molecule has 6 heteroatoms. The van der Waals surface area contributed by atoms with Crippen molar-refractivity contribution in [1.82, 2.24) is 0 Å². The lowest BCUT2D eigenvalue weighted by Crippen LogP contribution is -2.14. The Kier molecular flexibility index (Phi) is 5.53. The van der Waals surface area contributed by atoms with Gasteiger partial charge in [0, 0.05) is 12.8 Å². The van der Waals surface area contributed by atoms with Gasteiger partial charge in [-0.2, -0.15) is 9.98 Å². The summed E-state index contributed by atoms with van der Waals surface area (Å²) in [5.74, 6) is -2.02. The molecule has 0 aromatic heterocycles. The van der Waals surface area contributed by atoms with Crippen LogP contribution in [0.25, 0.3) is 0 Å². The Morgan fingerprint density at radius 3 is 2.57 bits per heavy atom. The average Bonchev–Trinajstić information content (AvgIpc) is 2.03. The zero-order valence-corrected chi connectivity index (χ0v) is 7.67. The summed E-state index contributed by atoms with van der Waals surface area (Å²) in [7, 11) is 0. The predicted molar refractivity (Wildman–Crippen MR) is 44.5 cm³/mol. The molecule has 4 nitrogen and oxygen atoms in total. The second kappa shape index (κ2) is 6.13. The fourth-order valence-corrected chi connectivity index (χ4v) is 0.866. The standard InChI is InChI=1S/C8H10F2N2O2/c1-8(10,12-6-14)4-2-3-7(9)11-5-13/h7H,2-4H2,1H3. The van der Waals surface area contributed by atoms with Crippen LogP contribution in [0, 0.1) is 0 Å². The Labute approximate surface area is 79.7 Å². The second-order valence-corrected chi connectivity index (χ2v) is 2.89. The van der Waals surface area contributed by atoms with Gasteiger partial charge in [-0.1, -0.05) is 0 Å². The summed E-state index contributed by atoms with van der Waals surface area (Å²) in [5, 5.41) is 0. The van der Waals surface area contributed by atoms with Crippen molar-refractivity contribution in [3.63, 3.8) is 0 Å². The molecule has 0 radical (unpaired) electrons. The highest BCUT2D eigenvalue weighted by atomic mass is 19.1. The van der Waals surface area contributed by atoms with Crippen LogP contribution in [0.5, 0.6) is 0 Å². The van der Waals surface area contributed by atoms with Gasteiger partial charge in [-0.15, -0.1) is 0 Å². The molecule has 0 N–H and O–H groups in total. The number of alkyl halides is 2. The van der Waals surface area contributed by atoms with Crippen LogP contribution in [0.4, 0.5) is 8.78 Å².